The van der Waals surface area contributed by atoms with Crippen molar-refractivity contribution < 1.29 is 9.32 Å². The molecule has 0 aromatic carbocycles. The first kappa shape index (κ1) is 13.8. The van der Waals surface area contributed by atoms with E-state index in [2.05, 4.69) is 28.4 Å². The molecule has 0 atom stereocenters. The van der Waals surface area contributed by atoms with Crippen LogP contribution in [0.3, 0.4) is 0 Å². The Bertz CT molecular complexity index is 465. The molecule has 2 rings (SSSR count). The van der Waals surface area contributed by atoms with Gasteiger partial charge in [-0.3, -0.25) is 9.69 Å². The van der Waals surface area contributed by atoms with E-state index >= 15 is 0 Å². The number of carbonyl (C=O) groups excluding carboxylic acids is 1. The predicted octanol–water partition coefficient (Wildman–Crippen LogP) is 1.51. The van der Waals surface area contributed by atoms with Crippen LogP contribution in [0.4, 0.5) is 0 Å². The fourth-order valence-electron chi connectivity index (χ4n) is 2.20. The maximum atomic E-state index is 10.9. The fraction of sp³-hybridized carbons (Fsp3) is 0.571. The molecule has 0 aliphatic carbocycles. The third kappa shape index (κ3) is 4.21. The number of rotatable bonds is 5. The highest BCUT2D eigenvalue weighted by Gasteiger charge is 2.15. The number of amides is 1. The van der Waals surface area contributed by atoms with Crippen LogP contribution < -0.4 is 5.32 Å². The molecular formula is C14H21N3O2. The molecule has 1 amide bonds. The van der Waals surface area contributed by atoms with Gasteiger partial charge in [0, 0.05) is 32.6 Å². The topological polar surface area (TPSA) is 58.4 Å². The van der Waals surface area contributed by atoms with Crippen LogP contribution >= 0.6 is 0 Å². The van der Waals surface area contributed by atoms with Gasteiger partial charge in [0.05, 0.1) is 12.2 Å². The molecule has 0 saturated heterocycles. The lowest BCUT2D eigenvalue weighted by molar-refractivity contribution is -0.118. The zero-order chi connectivity index (χ0) is 13.7. The second-order valence-electron chi connectivity index (χ2n) is 4.91. The van der Waals surface area contributed by atoms with E-state index in [1.165, 1.54) is 5.57 Å². The van der Waals surface area contributed by atoms with Gasteiger partial charge >= 0.3 is 0 Å². The summed E-state index contributed by atoms with van der Waals surface area (Å²) >= 11 is 0. The van der Waals surface area contributed by atoms with Gasteiger partial charge in [-0.1, -0.05) is 18.2 Å². The highest BCUT2D eigenvalue weighted by Crippen LogP contribution is 2.14. The normalized spacial score (nSPS) is 16.2. The van der Waals surface area contributed by atoms with Gasteiger partial charge in [0.15, 0.2) is 5.76 Å². The number of hydrogen-bond donors (Lipinski definition) is 1. The van der Waals surface area contributed by atoms with Gasteiger partial charge in [0.2, 0.25) is 5.91 Å². The summed E-state index contributed by atoms with van der Waals surface area (Å²) in [6.45, 7) is 6.93. The van der Waals surface area contributed by atoms with E-state index in [9.17, 15) is 4.79 Å². The van der Waals surface area contributed by atoms with Crippen molar-refractivity contribution >= 4 is 5.91 Å². The van der Waals surface area contributed by atoms with Crippen molar-refractivity contribution in [1.29, 1.82) is 0 Å². The van der Waals surface area contributed by atoms with Crippen LogP contribution in [0.1, 0.15) is 31.7 Å². The Morgan fingerprint density at radius 3 is 3.11 bits per heavy atom. The molecular weight excluding hydrogens is 242 g/mol. The van der Waals surface area contributed by atoms with Crippen LogP contribution in [-0.4, -0.2) is 35.6 Å². The molecule has 1 N–H and O–H groups in total. The molecule has 1 aromatic rings. The molecule has 0 radical (unpaired) electrons. The lowest BCUT2D eigenvalue weighted by atomic mass is 10.1. The molecule has 1 aliphatic rings. The maximum absolute atomic E-state index is 10.9. The van der Waals surface area contributed by atoms with Crippen molar-refractivity contribution in [2.75, 3.05) is 19.6 Å². The first-order chi connectivity index (χ1) is 9.17. The van der Waals surface area contributed by atoms with Crippen molar-refractivity contribution in [3.05, 3.63) is 29.2 Å². The highest BCUT2D eigenvalue weighted by molar-refractivity contribution is 5.73. The van der Waals surface area contributed by atoms with Crippen molar-refractivity contribution in [2.45, 2.75) is 33.2 Å². The van der Waals surface area contributed by atoms with Gasteiger partial charge in [0.25, 0.3) is 0 Å². The Labute approximate surface area is 113 Å². The Hall–Kier alpha value is -1.62. The molecule has 0 spiro atoms. The van der Waals surface area contributed by atoms with Gasteiger partial charge < -0.3 is 9.84 Å². The third-order valence-corrected chi connectivity index (χ3v) is 3.22. The summed E-state index contributed by atoms with van der Waals surface area (Å²) in [5.74, 6) is 0.929. The average Bonchev–Trinajstić information content (AvgIpc) is 2.84. The smallest absolute Gasteiger partial charge is 0.217 e. The third-order valence-electron chi connectivity index (χ3n) is 3.22. The Balaban J connectivity index is 1.85. The fourth-order valence-corrected chi connectivity index (χ4v) is 2.20. The van der Waals surface area contributed by atoms with Crippen LogP contribution in [0.2, 0.25) is 0 Å². The van der Waals surface area contributed by atoms with E-state index in [4.69, 9.17) is 4.52 Å². The van der Waals surface area contributed by atoms with Crippen molar-refractivity contribution in [3.63, 3.8) is 0 Å². The van der Waals surface area contributed by atoms with E-state index in [0.717, 1.165) is 43.9 Å². The van der Waals surface area contributed by atoms with Crippen LogP contribution in [0.15, 0.2) is 22.2 Å². The molecule has 1 aromatic heterocycles. The van der Waals surface area contributed by atoms with Crippen LogP contribution in [0.5, 0.6) is 0 Å². The largest absolute Gasteiger partial charge is 0.360 e. The van der Waals surface area contributed by atoms with Gasteiger partial charge in [-0.05, 0) is 18.4 Å². The van der Waals surface area contributed by atoms with E-state index in [0.29, 0.717) is 6.54 Å². The van der Waals surface area contributed by atoms with E-state index in [1.54, 1.807) is 6.92 Å². The molecule has 2 heterocycles. The van der Waals surface area contributed by atoms with Gasteiger partial charge in [-0.25, -0.2) is 0 Å². The summed E-state index contributed by atoms with van der Waals surface area (Å²) in [4.78, 5) is 13.2. The standard InChI is InChI=1S/C14H21N3O2/c1-3-13-7-14(19-16-13)10-17-6-4-5-12(9-17)8-15-11(2)18/h5,7H,3-4,6,8-10H2,1-2H3,(H,15,18). The Morgan fingerprint density at radius 1 is 1.58 bits per heavy atom. The molecule has 5 heteroatoms. The van der Waals surface area contributed by atoms with Crippen molar-refractivity contribution in [1.82, 2.24) is 15.4 Å². The maximum Gasteiger partial charge on any atom is 0.217 e. The Kier molecular flexibility index (Phi) is 4.74. The minimum absolute atomic E-state index is 0.0147. The lowest BCUT2D eigenvalue weighted by Crippen LogP contribution is -2.33. The minimum atomic E-state index is 0.0147. The van der Waals surface area contributed by atoms with E-state index in [1.807, 2.05) is 6.07 Å². The van der Waals surface area contributed by atoms with Crippen molar-refractivity contribution in [2.24, 2.45) is 0 Å². The van der Waals surface area contributed by atoms with Crippen LogP contribution in [0.25, 0.3) is 0 Å². The first-order valence-corrected chi connectivity index (χ1v) is 6.76. The first-order valence-electron chi connectivity index (χ1n) is 6.76. The zero-order valence-corrected chi connectivity index (χ0v) is 11.6. The number of aromatic nitrogens is 1. The number of nitrogens with zero attached hydrogens (tertiary/aromatic N) is 2. The molecule has 0 fully saturated rings. The number of aryl methyl sites for hydroxylation is 1. The number of carbonyl (C=O) groups is 1. The summed E-state index contributed by atoms with van der Waals surface area (Å²) in [6, 6.07) is 2.02. The minimum Gasteiger partial charge on any atom is -0.360 e. The highest BCUT2D eigenvalue weighted by atomic mass is 16.5. The number of nitrogens with one attached hydrogen (secondary N) is 1. The summed E-state index contributed by atoms with van der Waals surface area (Å²) in [5.41, 5.74) is 2.26. The number of hydrogen-bond acceptors (Lipinski definition) is 4. The monoisotopic (exact) mass is 263 g/mol. The molecule has 104 valence electrons. The molecule has 0 bridgehead atoms. The summed E-state index contributed by atoms with van der Waals surface area (Å²) in [7, 11) is 0. The lowest BCUT2D eigenvalue weighted by Gasteiger charge is -2.26. The van der Waals surface area contributed by atoms with Gasteiger partial charge in [0.1, 0.15) is 0 Å². The SMILES string of the molecule is CCc1cc(CN2CCC=C(CNC(C)=O)C2)on1. The summed E-state index contributed by atoms with van der Waals surface area (Å²) in [6.07, 6.45) is 4.13. The second kappa shape index (κ2) is 6.52. The molecule has 0 saturated carbocycles. The zero-order valence-electron chi connectivity index (χ0n) is 11.6. The van der Waals surface area contributed by atoms with Crippen LogP contribution in [-0.2, 0) is 17.8 Å². The molecule has 0 unspecified atom stereocenters. The van der Waals surface area contributed by atoms with E-state index in [-0.39, 0.29) is 5.91 Å². The molecule has 5 nitrogen and oxygen atoms in total. The molecule has 19 heavy (non-hydrogen) atoms. The summed E-state index contributed by atoms with van der Waals surface area (Å²) in [5, 5.41) is 6.85. The van der Waals surface area contributed by atoms with Gasteiger partial charge in [-0.2, -0.15) is 0 Å². The average molecular weight is 263 g/mol. The predicted molar refractivity (Wildman–Crippen MR) is 72.5 cm³/mol. The van der Waals surface area contributed by atoms with E-state index < -0.39 is 0 Å². The quantitative estimate of drug-likeness (QED) is 0.818. The van der Waals surface area contributed by atoms with Gasteiger partial charge in [-0.15, -0.1) is 0 Å². The summed E-state index contributed by atoms with van der Waals surface area (Å²) < 4.78 is 5.31. The molecule has 1 aliphatic heterocycles. The second-order valence-corrected chi connectivity index (χ2v) is 4.91. The van der Waals surface area contributed by atoms with Crippen LogP contribution in [0, 0.1) is 0 Å². The van der Waals surface area contributed by atoms with Crippen molar-refractivity contribution in [3.8, 4) is 0 Å². The Morgan fingerprint density at radius 2 is 2.42 bits per heavy atom.